The molecule has 8 nitrogen and oxygen atoms in total. The second-order valence-electron chi connectivity index (χ2n) is 8.44. The summed E-state index contributed by atoms with van der Waals surface area (Å²) in [6.07, 6.45) is 0.618. The van der Waals surface area contributed by atoms with Crippen LogP contribution >= 0.6 is 0 Å². The Morgan fingerprint density at radius 1 is 1.13 bits per heavy atom. The molecule has 0 saturated carbocycles. The molecule has 2 aliphatic rings. The number of carbonyl (C=O) groups is 1. The van der Waals surface area contributed by atoms with E-state index < -0.39 is 9.84 Å². The summed E-state index contributed by atoms with van der Waals surface area (Å²) in [6.45, 7) is 8.65. The number of anilines is 1. The van der Waals surface area contributed by atoms with Crippen LogP contribution in [0.3, 0.4) is 0 Å². The summed E-state index contributed by atoms with van der Waals surface area (Å²) >= 11 is 0. The van der Waals surface area contributed by atoms with Gasteiger partial charge in [0.15, 0.2) is 16.4 Å². The number of aromatic nitrogens is 2. The lowest BCUT2D eigenvalue weighted by molar-refractivity contribution is -0.133. The summed E-state index contributed by atoms with van der Waals surface area (Å²) in [6, 6.07) is 7.60. The first-order valence-electron chi connectivity index (χ1n) is 10.7. The third-order valence-electron chi connectivity index (χ3n) is 6.23. The molecule has 3 heterocycles. The van der Waals surface area contributed by atoms with Gasteiger partial charge < -0.3 is 14.5 Å². The van der Waals surface area contributed by atoms with Crippen LogP contribution in [0.15, 0.2) is 24.3 Å². The number of carbonyl (C=O) groups excluding carboxylic acids is 1. The van der Waals surface area contributed by atoms with E-state index in [2.05, 4.69) is 10.00 Å². The summed E-state index contributed by atoms with van der Waals surface area (Å²) in [4.78, 5) is 16.7. The number of hydrogen-bond acceptors (Lipinski definition) is 6. The summed E-state index contributed by atoms with van der Waals surface area (Å²) in [7, 11) is -2.96. The molecule has 31 heavy (non-hydrogen) atoms. The highest BCUT2D eigenvalue weighted by Gasteiger charge is 2.33. The summed E-state index contributed by atoms with van der Waals surface area (Å²) < 4.78 is 31.4. The van der Waals surface area contributed by atoms with Gasteiger partial charge in [0.25, 0.3) is 5.91 Å². The Bertz CT molecular complexity index is 1070. The van der Waals surface area contributed by atoms with E-state index in [0.29, 0.717) is 32.6 Å². The zero-order valence-corrected chi connectivity index (χ0v) is 19.2. The van der Waals surface area contributed by atoms with E-state index in [4.69, 9.17) is 4.74 Å². The number of piperazine rings is 1. The topological polar surface area (TPSA) is 84.7 Å². The molecule has 4 rings (SSSR count). The summed E-state index contributed by atoms with van der Waals surface area (Å²) in [5.41, 5.74) is 3.98. The Hall–Kier alpha value is -2.55. The molecule has 1 aromatic heterocycles. The highest BCUT2D eigenvalue weighted by molar-refractivity contribution is 7.91. The highest BCUT2D eigenvalue weighted by Crippen LogP contribution is 2.31. The van der Waals surface area contributed by atoms with Gasteiger partial charge in [-0.25, -0.2) is 8.42 Å². The van der Waals surface area contributed by atoms with E-state index in [0.717, 1.165) is 28.4 Å². The molecule has 2 aromatic rings. The average Bonchev–Trinajstić information content (AvgIpc) is 3.25. The third kappa shape index (κ3) is 4.56. The number of ether oxygens (including phenoxy) is 1. The molecule has 2 saturated heterocycles. The van der Waals surface area contributed by atoms with Crippen molar-refractivity contribution in [3.8, 4) is 5.75 Å². The summed E-state index contributed by atoms with van der Waals surface area (Å²) in [5, 5.41) is 4.67. The molecule has 0 radical (unpaired) electrons. The van der Waals surface area contributed by atoms with Crippen molar-refractivity contribution >= 4 is 21.4 Å². The number of nitrogens with zero attached hydrogens (tertiary/aromatic N) is 4. The molecule has 2 fully saturated rings. The molecule has 9 heteroatoms. The van der Waals surface area contributed by atoms with Crippen LogP contribution < -0.4 is 9.64 Å². The third-order valence-corrected chi connectivity index (χ3v) is 7.98. The molecular formula is C22H30N4O4S. The van der Waals surface area contributed by atoms with E-state index in [1.807, 2.05) is 54.6 Å². The molecule has 0 aliphatic carbocycles. The van der Waals surface area contributed by atoms with E-state index in [9.17, 15) is 13.2 Å². The minimum absolute atomic E-state index is 0.0109. The van der Waals surface area contributed by atoms with Gasteiger partial charge in [-0.2, -0.15) is 5.10 Å². The molecule has 0 N–H and O–H groups in total. The van der Waals surface area contributed by atoms with Gasteiger partial charge in [0.2, 0.25) is 0 Å². The van der Waals surface area contributed by atoms with Gasteiger partial charge >= 0.3 is 0 Å². The first-order valence-corrected chi connectivity index (χ1v) is 12.5. The van der Waals surface area contributed by atoms with Gasteiger partial charge in [0.05, 0.1) is 34.6 Å². The normalized spacial score (nSPS) is 20.8. The average molecular weight is 447 g/mol. The van der Waals surface area contributed by atoms with Crippen LogP contribution in [0, 0.1) is 20.8 Å². The quantitative estimate of drug-likeness (QED) is 0.697. The predicted octanol–water partition coefficient (Wildman–Crippen LogP) is 1.90. The van der Waals surface area contributed by atoms with Crippen molar-refractivity contribution in [3.63, 3.8) is 0 Å². The Kier molecular flexibility index (Phi) is 5.96. The van der Waals surface area contributed by atoms with Crippen molar-refractivity contribution < 1.29 is 17.9 Å². The molecular weight excluding hydrogens is 416 g/mol. The zero-order chi connectivity index (χ0) is 22.2. The number of sulfone groups is 1. The van der Waals surface area contributed by atoms with Crippen LogP contribution in [0.2, 0.25) is 0 Å². The smallest absolute Gasteiger partial charge is 0.260 e. The van der Waals surface area contributed by atoms with Gasteiger partial charge in [-0.15, -0.1) is 0 Å². The monoisotopic (exact) mass is 446 g/mol. The lowest BCUT2D eigenvalue weighted by Crippen LogP contribution is -2.50. The standard InChI is InChI=1S/C22H30N4O4S/c1-16-6-4-5-7-20(16)30-14-21(27)24-9-11-25(12-10-24)22-17(2)23-26(18(22)3)19-8-13-31(28,29)15-19/h4-7,19H,8-15H2,1-3H3. The number of aryl methyl sites for hydroxylation is 2. The molecule has 1 amide bonds. The Morgan fingerprint density at radius 3 is 2.48 bits per heavy atom. The first kappa shape index (κ1) is 21.7. The largest absolute Gasteiger partial charge is 0.484 e. The maximum absolute atomic E-state index is 12.6. The van der Waals surface area contributed by atoms with Crippen molar-refractivity contribution in [2.45, 2.75) is 33.2 Å². The number of para-hydroxylation sites is 1. The Morgan fingerprint density at radius 2 is 1.84 bits per heavy atom. The zero-order valence-electron chi connectivity index (χ0n) is 18.4. The second kappa shape index (κ2) is 8.53. The number of rotatable bonds is 5. The molecule has 0 spiro atoms. The van der Waals surface area contributed by atoms with Crippen molar-refractivity contribution in [2.24, 2.45) is 0 Å². The predicted molar refractivity (Wildman–Crippen MR) is 119 cm³/mol. The van der Waals surface area contributed by atoms with Crippen LogP contribution in [0.1, 0.15) is 29.4 Å². The lowest BCUT2D eigenvalue weighted by atomic mass is 10.2. The maximum atomic E-state index is 12.6. The molecule has 2 aliphatic heterocycles. The highest BCUT2D eigenvalue weighted by atomic mass is 32.2. The number of benzene rings is 1. The van der Waals surface area contributed by atoms with Crippen molar-refractivity contribution in [1.82, 2.24) is 14.7 Å². The molecule has 0 bridgehead atoms. The van der Waals surface area contributed by atoms with E-state index in [-0.39, 0.29) is 30.1 Å². The Balaban J connectivity index is 1.37. The second-order valence-corrected chi connectivity index (χ2v) is 10.7. The fourth-order valence-corrected chi connectivity index (χ4v) is 6.26. The first-order chi connectivity index (χ1) is 14.7. The van der Waals surface area contributed by atoms with Gasteiger partial charge in [-0.1, -0.05) is 18.2 Å². The lowest BCUT2D eigenvalue weighted by Gasteiger charge is -2.36. The SMILES string of the molecule is Cc1ccccc1OCC(=O)N1CCN(c2c(C)nn(C3CCS(=O)(=O)C3)c2C)CC1. The number of hydrogen-bond donors (Lipinski definition) is 0. The van der Waals surface area contributed by atoms with Crippen molar-refractivity contribution in [1.29, 1.82) is 0 Å². The fraction of sp³-hybridized carbons (Fsp3) is 0.545. The van der Waals surface area contributed by atoms with Gasteiger partial charge in [0, 0.05) is 26.2 Å². The van der Waals surface area contributed by atoms with Gasteiger partial charge in [0.1, 0.15) is 5.75 Å². The van der Waals surface area contributed by atoms with E-state index in [1.165, 1.54) is 0 Å². The van der Waals surface area contributed by atoms with E-state index in [1.54, 1.807) is 0 Å². The maximum Gasteiger partial charge on any atom is 0.260 e. The molecule has 1 unspecified atom stereocenters. The number of amides is 1. The van der Waals surface area contributed by atoms with Crippen molar-refractivity contribution in [3.05, 3.63) is 41.2 Å². The fourth-order valence-electron chi connectivity index (χ4n) is 4.56. The van der Waals surface area contributed by atoms with Gasteiger partial charge in [-0.3, -0.25) is 9.48 Å². The van der Waals surface area contributed by atoms with E-state index >= 15 is 0 Å². The minimum Gasteiger partial charge on any atom is -0.484 e. The minimum atomic E-state index is -2.96. The van der Waals surface area contributed by atoms with Crippen LogP contribution in [0.5, 0.6) is 5.75 Å². The van der Waals surface area contributed by atoms with Crippen LogP contribution in [0.25, 0.3) is 0 Å². The molecule has 168 valence electrons. The molecule has 1 aromatic carbocycles. The van der Waals surface area contributed by atoms with Crippen LogP contribution in [-0.2, 0) is 14.6 Å². The Labute approximate surface area is 183 Å². The van der Waals surface area contributed by atoms with Gasteiger partial charge in [-0.05, 0) is 38.8 Å². The summed E-state index contributed by atoms with van der Waals surface area (Å²) in [5.74, 6) is 1.12. The van der Waals surface area contributed by atoms with Crippen LogP contribution in [0.4, 0.5) is 5.69 Å². The van der Waals surface area contributed by atoms with Crippen molar-refractivity contribution in [2.75, 3.05) is 49.2 Å². The van der Waals surface area contributed by atoms with Crippen LogP contribution in [-0.4, -0.2) is 73.3 Å². The molecule has 1 atom stereocenters.